The van der Waals surface area contributed by atoms with E-state index in [4.69, 9.17) is 29.4 Å². The van der Waals surface area contributed by atoms with E-state index in [1.165, 1.54) is 37.4 Å². The zero-order valence-electron chi connectivity index (χ0n) is 18.9. The predicted molar refractivity (Wildman–Crippen MR) is 123 cm³/mol. The Kier molecular flexibility index (Phi) is 6.73. The molecule has 3 aromatic rings. The monoisotopic (exact) mass is 476 g/mol. The molecule has 0 amide bonds. The standard InChI is InChI=1S/C26H21FN2O6/c1-31-17-8-10-22(32-2)20(11-17)25-19-9-7-18(12-23(19)35-26(29)21(25)13-28)34-24(30)14-33-16-5-3-15(27)4-6-16/h3-12,25H,14,29H2,1-2H3. The molecule has 0 fully saturated rings. The molecule has 1 unspecified atom stereocenters. The van der Waals surface area contributed by atoms with Crippen LogP contribution in [0.15, 0.2) is 72.1 Å². The van der Waals surface area contributed by atoms with Gasteiger partial charge in [-0.15, -0.1) is 0 Å². The van der Waals surface area contributed by atoms with Crippen LogP contribution in [0.5, 0.6) is 28.7 Å². The highest BCUT2D eigenvalue weighted by Gasteiger charge is 2.33. The lowest BCUT2D eigenvalue weighted by molar-refractivity contribution is -0.136. The summed E-state index contributed by atoms with van der Waals surface area (Å²) in [5, 5.41) is 9.81. The number of hydrogen-bond donors (Lipinski definition) is 1. The van der Waals surface area contributed by atoms with Gasteiger partial charge in [-0.3, -0.25) is 0 Å². The van der Waals surface area contributed by atoms with Crippen molar-refractivity contribution < 1.29 is 32.9 Å². The second-order valence-corrected chi connectivity index (χ2v) is 7.45. The van der Waals surface area contributed by atoms with Crippen LogP contribution in [0.1, 0.15) is 17.0 Å². The van der Waals surface area contributed by atoms with Gasteiger partial charge in [-0.05, 0) is 48.5 Å². The van der Waals surface area contributed by atoms with Gasteiger partial charge < -0.3 is 29.4 Å². The molecule has 3 aromatic carbocycles. The predicted octanol–water partition coefficient (Wildman–Crippen LogP) is 4.05. The highest BCUT2D eigenvalue weighted by Crippen LogP contribution is 2.46. The van der Waals surface area contributed by atoms with Crippen molar-refractivity contribution in [3.05, 3.63) is 89.1 Å². The molecule has 8 nitrogen and oxygen atoms in total. The number of rotatable bonds is 7. The van der Waals surface area contributed by atoms with Crippen molar-refractivity contribution in [2.75, 3.05) is 20.8 Å². The number of nitriles is 1. The third kappa shape index (κ3) is 4.96. The summed E-state index contributed by atoms with van der Waals surface area (Å²) in [6.45, 7) is -0.381. The van der Waals surface area contributed by atoms with E-state index in [0.717, 1.165) is 0 Å². The molecular weight excluding hydrogens is 455 g/mol. The highest BCUT2D eigenvalue weighted by molar-refractivity contribution is 5.74. The number of carbonyl (C=O) groups excluding carboxylic acids is 1. The first kappa shape index (κ1) is 23.4. The molecule has 2 N–H and O–H groups in total. The Morgan fingerprint density at radius 3 is 2.40 bits per heavy atom. The number of methoxy groups -OCH3 is 2. The van der Waals surface area contributed by atoms with Gasteiger partial charge in [0.1, 0.15) is 46.2 Å². The van der Waals surface area contributed by atoms with Gasteiger partial charge in [0.15, 0.2) is 6.61 Å². The second-order valence-electron chi connectivity index (χ2n) is 7.45. The first-order valence-electron chi connectivity index (χ1n) is 10.5. The maximum absolute atomic E-state index is 13.0. The van der Waals surface area contributed by atoms with Crippen LogP contribution in [-0.2, 0) is 4.79 Å². The van der Waals surface area contributed by atoms with E-state index >= 15 is 0 Å². The minimum absolute atomic E-state index is 0.0713. The van der Waals surface area contributed by atoms with Crippen LogP contribution in [-0.4, -0.2) is 26.8 Å². The molecule has 1 atom stereocenters. The molecule has 4 rings (SSSR count). The quantitative estimate of drug-likeness (QED) is 0.402. The van der Waals surface area contributed by atoms with Crippen LogP contribution < -0.4 is 29.4 Å². The fourth-order valence-corrected chi connectivity index (χ4v) is 3.72. The SMILES string of the molecule is COc1ccc(OC)c(C2C(C#N)=C(N)Oc3cc(OC(=O)COc4ccc(F)cc4)ccc32)c1. The van der Waals surface area contributed by atoms with E-state index in [1.807, 2.05) is 0 Å². The number of nitrogens with zero attached hydrogens (tertiary/aromatic N) is 1. The summed E-state index contributed by atoms with van der Waals surface area (Å²) in [6.07, 6.45) is 0. The Morgan fingerprint density at radius 2 is 1.71 bits per heavy atom. The van der Waals surface area contributed by atoms with Crippen molar-refractivity contribution in [3.8, 4) is 34.8 Å². The van der Waals surface area contributed by atoms with Crippen molar-refractivity contribution in [1.82, 2.24) is 0 Å². The van der Waals surface area contributed by atoms with Crippen LogP contribution in [0, 0.1) is 17.1 Å². The number of hydrogen-bond acceptors (Lipinski definition) is 8. The maximum Gasteiger partial charge on any atom is 0.349 e. The van der Waals surface area contributed by atoms with Gasteiger partial charge in [0.05, 0.1) is 20.1 Å². The van der Waals surface area contributed by atoms with Crippen LogP contribution in [0.4, 0.5) is 4.39 Å². The molecule has 0 saturated carbocycles. The molecule has 0 saturated heterocycles. The van der Waals surface area contributed by atoms with Crippen LogP contribution in [0.2, 0.25) is 0 Å². The molecule has 0 bridgehead atoms. The second kappa shape index (κ2) is 10.1. The number of halogens is 1. The molecule has 1 heterocycles. The molecule has 9 heteroatoms. The average molecular weight is 476 g/mol. The first-order valence-corrected chi connectivity index (χ1v) is 10.5. The smallest absolute Gasteiger partial charge is 0.349 e. The van der Waals surface area contributed by atoms with Gasteiger partial charge in [-0.1, -0.05) is 6.07 Å². The maximum atomic E-state index is 13.0. The fraction of sp³-hybridized carbons (Fsp3) is 0.154. The summed E-state index contributed by atoms with van der Waals surface area (Å²) in [6, 6.07) is 17.4. The lowest BCUT2D eigenvalue weighted by atomic mass is 9.83. The van der Waals surface area contributed by atoms with Crippen molar-refractivity contribution in [2.45, 2.75) is 5.92 Å². The number of carbonyl (C=O) groups is 1. The number of fused-ring (bicyclic) bond motifs is 1. The van der Waals surface area contributed by atoms with Gasteiger partial charge in [0.2, 0.25) is 5.88 Å². The van der Waals surface area contributed by atoms with Crippen molar-refractivity contribution in [1.29, 1.82) is 5.26 Å². The number of esters is 1. The molecule has 0 aliphatic carbocycles. The Morgan fingerprint density at radius 1 is 1.00 bits per heavy atom. The Hall–Kier alpha value is -4.71. The topological polar surface area (TPSA) is 113 Å². The van der Waals surface area contributed by atoms with E-state index < -0.39 is 17.7 Å². The Balaban J connectivity index is 1.60. The first-order chi connectivity index (χ1) is 16.9. The molecule has 0 aromatic heterocycles. The van der Waals surface area contributed by atoms with E-state index in [0.29, 0.717) is 34.1 Å². The number of benzene rings is 3. The highest BCUT2D eigenvalue weighted by atomic mass is 19.1. The summed E-state index contributed by atoms with van der Waals surface area (Å²) in [7, 11) is 3.07. The molecule has 1 aliphatic heterocycles. The van der Waals surface area contributed by atoms with Crippen LogP contribution >= 0.6 is 0 Å². The number of nitrogens with two attached hydrogens (primary N) is 1. The third-order valence-electron chi connectivity index (χ3n) is 5.34. The molecular formula is C26H21FN2O6. The lowest BCUT2D eigenvalue weighted by Crippen LogP contribution is -2.22. The van der Waals surface area contributed by atoms with Crippen LogP contribution in [0.3, 0.4) is 0 Å². The number of allylic oxidation sites excluding steroid dienone is 1. The molecule has 178 valence electrons. The van der Waals surface area contributed by atoms with Gasteiger partial charge in [0.25, 0.3) is 0 Å². The van der Waals surface area contributed by atoms with Crippen molar-refractivity contribution >= 4 is 5.97 Å². The van der Waals surface area contributed by atoms with E-state index in [2.05, 4.69) is 6.07 Å². The van der Waals surface area contributed by atoms with E-state index in [-0.39, 0.29) is 23.8 Å². The zero-order chi connectivity index (χ0) is 24.9. The zero-order valence-corrected chi connectivity index (χ0v) is 18.9. The summed E-state index contributed by atoms with van der Waals surface area (Å²) in [5.74, 6) is 0.216. The minimum atomic E-state index is -0.669. The summed E-state index contributed by atoms with van der Waals surface area (Å²) in [4.78, 5) is 12.3. The van der Waals surface area contributed by atoms with Gasteiger partial charge in [-0.2, -0.15) is 5.26 Å². The summed E-state index contributed by atoms with van der Waals surface area (Å²) >= 11 is 0. The number of ether oxygens (including phenoxy) is 5. The average Bonchev–Trinajstić information content (AvgIpc) is 2.87. The van der Waals surface area contributed by atoms with E-state index in [9.17, 15) is 14.4 Å². The molecule has 0 radical (unpaired) electrons. The molecule has 0 spiro atoms. The third-order valence-corrected chi connectivity index (χ3v) is 5.34. The fourth-order valence-electron chi connectivity index (χ4n) is 3.72. The summed E-state index contributed by atoms with van der Waals surface area (Å²) < 4.78 is 40.2. The van der Waals surface area contributed by atoms with Gasteiger partial charge in [-0.25, -0.2) is 9.18 Å². The van der Waals surface area contributed by atoms with Gasteiger partial charge in [0, 0.05) is 17.2 Å². The van der Waals surface area contributed by atoms with Crippen molar-refractivity contribution in [3.63, 3.8) is 0 Å². The molecule has 1 aliphatic rings. The Bertz CT molecular complexity index is 1330. The normalized spacial score (nSPS) is 14.3. The van der Waals surface area contributed by atoms with E-state index in [1.54, 1.807) is 37.4 Å². The minimum Gasteiger partial charge on any atom is -0.497 e. The van der Waals surface area contributed by atoms with Crippen molar-refractivity contribution in [2.24, 2.45) is 5.73 Å². The largest absolute Gasteiger partial charge is 0.497 e. The Labute approximate surface area is 200 Å². The van der Waals surface area contributed by atoms with Crippen LogP contribution in [0.25, 0.3) is 0 Å². The molecule has 35 heavy (non-hydrogen) atoms. The van der Waals surface area contributed by atoms with Gasteiger partial charge >= 0.3 is 5.97 Å². The summed E-state index contributed by atoms with van der Waals surface area (Å²) in [5.41, 5.74) is 7.58. The lowest BCUT2D eigenvalue weighted by Gasteiger charge is -2.28.